The highest BCUT2D eigenvalue weighted by Gasteiger charge is 2.03. The fraction of sp³-hybridized carbons (Fsp3) is 0.133. The summed E-state index contributed by atoms with van der Waals surface area (Å²) >= 11 is 0. The number of hydrogen-bond donors (Lipinski definition) is 0. The first-order valence-electron chi connectivity index (χ1n) is 5.38. The number of fused-ring (bicyclic) bond motifs is 1. The Morgan fingerprint density at radius 3 is 2.75 bits per heavy atom. The number of benzene rings is 1. The van der Waals surface area contributed by atoms with E-state index >= 15 is 0 Å². The molecule has 0 N–H and O–H groups in total. The molecule has 1 heteroatoms. The molecule has 0 amide bonds. The van der Waals surface area contributed by atoms with E-state index in [0.29, 0.717) is 0 Å². The normalized spacial score (nSPS) is 11.1. The lowest BCUT2D eigenvalue weighted by molar-refractivity contribution is 1.33. The van der Waals surface area contributed by atoms with E-state index in [9.17, 15) is 0 Å². The molecule has 1 aromatic heterocycles. The zero-order chi connectivity index (χ0) is 11.5. The lowest BCUT2D eigenvalue weighted by atomic mass is 10.0. The van der Waals surface area contributed by atoms with E-state index in [-0.39, 0.29) is 0 Å². The van der Waals surface area contributed by atoms with Crippen LogP contribution >= 0.6 is 0 Å². The molecule has 16 heavy (non-hydrogen) atoms. The quantitative estimate of drug-likeness (QED) is 0.680. The minimum absolute atomic E-state index is 1.09. The average Bonchev–Trinajstić information content (AvgIpc) is 2.29. The molecule has 0 aliphatic rings. The van der Waals surface area contributed by atoms with Crippen LogP contribution < -0.4 is 0 Å². The van der Waals surface area contributed by atoms with Gasteiger partial charge in [-0.15, -0.1) is 0 Å². The van der Waals surface area contributed by atoms with E-state index in [1.54, 1.807) is 6.08 Å². The first kappa shape index (κ1) is 10.6. The average molecular weight is 209 g/mol. The van der Waals surface area contributed by atoms with E-state index in [0.717, 1.165) is 5.52 Å². The maximum atomic E-state index is 4.45. The van der Waals surface area contributed by atoms with Gasteiger partial charge in [-0.2, -0.15) is 0 Å². The summed E-state index contributed by atoms with van der Waals surface area (Å²) in [6.45, 7) is 7.90. The Morgan fingerprint density at radius 2 is 2.00 bits per heavy atom. The molecule has 1 nitrogen and oxygen atoms in total. The third-order valence-corrected chi connectivity index (χ3v) is 2.84. The topological polar surface area (TPSA) is 12.9 Å². The van der Waals surface area contributed by atoms with Crippen molar-refractivity contribution in [2.24, 2.45) is 0 Å². The number of pyridine rings is 1. The molecule has 0 radical (unpaired) electrons. The number of nitrogens with zero attached hydrogens (tertiary/aromatic N) is 1. The molecule has 0 aliphatic heterocycles. The summed E-state index contributed by atoms with van der Waals surface area (Å²) in [6, 6.07) is 6.31. The molecule has 0 saturated heterocycles. The van der Waals surface area contributed by atoms with E-state index in [2.05, 4.69) is 43.6 Å². The highest BCUT2D eigenvalue weighted by Crippen LogP contribution is 2.23. The highest BCUT2D eigenvalue weighted by atomic mass is 14.6. The Kier molecular flexibility index (Phi) is 2.86. The standard InChI is InChI=1S/C15H15N/c1-4-5-6-13-7-8-14-11(2)9-10-16-15(14)12(13)3/h4-10H,1H2,2-3H3/b6-5-. The van der Waals surface area contributed by atoms with Crippen LogP contribution in [0.4, 0.5) is 0 Å². The van der Waals surface area contributed by atoms with Crippen molar-refractivity contribution in [2.75, 3.05) is 0 Å². The second-order valence-electron chi connectivity index (χ2n) is 3.90. The van der Waals surface area contributed by atoms with Gasteiger partial charge in [0.15, 0.2) is 0 Å². The maximum absolute atomic E-state index is 4.45. The summed E-state index contributed by atoms with van der Waals surface area (Å²) in [6.07, 6.45) is 7.66. The van der Waals surface area contributed by atoms with E-state index < -0.39 is 0 Å². The SMILES string of the molecule is C=C/C=C\c1ccc2c(C)ccnc2c1C. The summed E-state index contributed by atoms with van der Waals surface area (Å²) in [4.78, 5) is 4.45. The van der Waals surface area contributed by atoms with Crippen LogP contribution in [0.1, 0.15) is 16.7 Å². The third kappa shape index (κ3) is 1.76. The first-order chi connectivity index (χ1) is 7.74. The zero-order valence-electron chi connectivity index (χ0n) is 9.70. The van der Waals surface area contributed by atoms with Crippen molar-refractivity contribution in [2.45, 2.75) is 13.8 Å². The second kappa shape index (κ2) is 4.31. The molecular weight excluding hydrogens is 194 g/mol. The first-order valence-corrected chi connectivity index (χ1v) is 5.38. The Labute approximate surface area is 96.1 Å². The molecule has 1 aromatic carbocycles. The van der Waals surface area contributed by atoms with Gasteiger partial charge in [0.1, 0.15) is 0 Å². The third-order valence-electron chi connectivity index (χ3n) is 2.84. The Hall–Kier alpha value is -1.89. The van der Waals surface area contributed by atoms with Gasteiger partial charge in [0, 0.05) is 11.6 Å². The highest BCUT2D eigenvalue weighted by molar-refractivity contribution is 5.87. The maximum Gasteiger partial charge on any atom is 0.0739 e. The van der Waals surface area contributed by atoms with Gasteiger partial charge in [-0.25, -0.2) is 0 Å². The Balaban J connectivity index is 2.70. The van der Waals surface area contributed by atoms with Crippen LogP contribution in [0, 0.1) is 13.8 Å². The van der Waals surface area contributed by atoms with Crippen molar-refractivity contribution in [1.29, 1.82) is 0 Å². The number of hydrogen-bond acceptors (Lipinski definition) is 1. The van der Waals surface area contributed by atoms with E-state index in [1.807, 2.05) is 18.3 Å². The molecular formula is C15H15N. The van der Waals surface area contributed by atoms with Crippen molar-refractivity contribution in [1.82, 2.24) is 4.98 Å². The van der Waals surface area contributed by atoms with Crippen LogP contribution in [0.3, 0.4) is 0 Å². The molecule has 0 saturated carbocycles. The van der Waals surface area contributed by atoms with Crippen LogP contribution in [-0.2, 0) is 0 Å². The molecule has 1 heterocycles. The minimum atomic E-state index is 1.09. The largest absolute Gasteiger partial charge is 0.256 e. The molecule has 0 fully saturated rings. The fourth-order valence-electron chi connectivity index (χ4n) is 1.87. The summed E-state index contributed by atoms with van der Waals surface area (Å²) in [7, 11) is 0. The van der Waals surface area contributed by atoms with Crippen LogP contribution in [0.2, 0.25) is 0 Å². The molecule has 0 bridgehead atoms. The predicted octanol–water partition coefficient (Wildman–Crippen LogP) is 4.05. The van der Waals surface area contributed by atoms with Gasteiger partial charge < -0.3 is 0 Å². The van der Waals surface area contributed by atoms with Gasteiger partial charge in [-0.3, -0.25) is 4.98 Å². The van der Waals surface area contributed by atoms with Gasteiger partial charge in [0.05, 0.1) is 5.52 Å². The Morgan fingerprint density at radius 1 is 1.19 bits per heavy atom. The molecule has 80 valence electrons. The number of aromatic nitrogens is 1. The lowest BCUT2D eigenvalue weighted by Gasteiger charge is -2.06. The summed E-state index contributed by atoms with van der Waals surface area (Å²) in [5, 5.41) is 1.23. The monoisotopic (exact) mass is 209 g/mol. The molecule has 2 aromatic rings. The van der Waals surface area contributed by atoms with Gasteiger partial charge in [-0.05, 0) is 36.6 Å². The van der Waals surface area contributed by atoms with Crippen LogP contribution in [-0.4, -0.2) is 4.98 Å². The fourth-order valence-corrected chi connectivity index (χ4v) is 1.87. The minimum Gasteiger partial charge on any atom is -0.256 e. The summed E-state index contributed by atoms with van der Waals surface area (Å²) in [5.74, 6) is 0. The van der Waals surface area contributed by atoms with Crippen molar-refractivity contribution in [3.63, 3.8) is 0 Å². The number of rotatable bonds is 2. The number of aryl methyl sites for hydroxylation is 2. The molecule has 0 spiro atoms. The lowest BCUT2D eigenvalue weighted by Crippen LogP contribution is -1.89. The van der Waals surface area contributed by atoms with Gasteiger partial charge in [0.25, 0.3) is 0 Å². The predicted molar refractivity (Wildman–Crippen MR) is 70.4 cm³/mol. The van der Waals surface area contributed by atoms with Gasteiger partial charge in [0.2, 0.25) is 0 Å². The Bertz CT molecular complexity index is 565. The molecule has 0 atom stereocenters. The summed E-state index contributed by atoms with van der Waals surface area (Å²) < 4.78 is 0. The zero-order valence-corrected chi connectivity index (χ0v) is 9.70. The van der Waals surface area contributed by atoms with Gasteiger partial charge in [-0.1, -0.05) is 36.9 Å². The van der Waals surface area contributed by atoms with Gasteiger partial charge >= 0.3 is 0 Å². The van der Waals surface area contributed by atoms with E-state index in [4.69, 9.17) is 0 Å². The van der Waals surface area contributed by atoms with Crippen molar-refractivity contribution < 1.29 is 0 Å². The molecule has 2 rings (SSSR count). The van der Waals surface area contributed by atoms with Crippen LogP contribution in [0.25, 0.3) is 17.0 Å². The smallest absolute Gasteiger partial charge is 0.0739 e. The van der Waals surface area contributed by atoms with Crippen LogP contribution in [0.15, 0.2) is 43.1 Å². The molecule has 0 aliphatic carbocycles. The number of allylic oxidation sites excluding steroid dienone is 2. The van der Waals surface area contributed by atoms with Crippen molar-refractivity contribution >= 4 is 17.0 Å². The van der Waals surface area contributed by atoms with Crippen molar-refractivity contribution in [3.05, 3.63) is 59.8 Å². The van der Waals surface area contributed by atoms with E-state index in [1.165, 1.54) is 22.1 Å². The second-order valence-corrected chi connectivity index (χ2v) is 3.90. The summed E-state index contributed by atoms with van der Waals surface area (Å²) in [5.41, 5.74) is 4.78. The molecule has 0 unspecified atom stereocenters. The van der Waals surface area contributed by atoms with Crippen molar-refractivity contribution in [3.8, 4) is 0 Å². The van der Waals surface area contributed by atoms with Crippen LogP contribution in [0.5, 0.6) is 0 Å².